The van der Waals surface area contributed by atoms with Crippen LogP contribution in [0.3, 0.4) is 0 Å². The van der Waals surface area contributed by atoms with Crippen molar-refractivity contribution in [3.05, 3.63) is 47.5 Å². The number of fused-ring (bicyclic) bond motifs is 2. The van der Waals surface area contributed by atoms with Crippen molar-refractivity contribution in [1.82, 2.24) is 14.5 Å². The molecule has 2 bridgehead atoms. The number of nitrogens with zero attached hydrogens (tertiary/aromatic N) is 3. The van der Waals surface area contributed by atoms with Crippen LogP contribution in [-0.2, 0) is 24.6 Å². The van der Waals surface area contributed by atoms with Crippen LogP contribution in [0.4, 0.5) is 0 Å². The molecule has 1 aliphatic heterocycles. The van der Waals surface area contributed by atoms with Crippen LogP contribution in [0.5, 0.6) is 5.75 Å². The largest absolute Gasteiger partial charge is 0.496 e. The van der Waals surface area contributed by atoms with E-state index in [1.165, 1.54) is 17.5 Å². The number of benzene rings is 1. The molecular formula is C24H35N3O2. The minimum Gasteiger partial charge on any atom is -0.496 e. The van der Waals surface area contributed by atoms with Crippen molar-refractivity contribution in [3.63, 3.8) is 0 Å². The average molecular weight is 398 g/mol. The van der Waals surface area contributed by atoms with Crippen molar-refractivity contribution in [3.8, 4) is 5.75 Å². The summed E-state index contributed by atoms with van der Waals surface area (Å²) in [6, 6.07) is 6.58. The molecule has 2 aromatic rings. The van der Waals surface area contributed by atoms with Gasteiger partial charge < -0.3 is 14.4 Å². The van der Waals surface area contributed by atoms with Crippen molar-refractivity contribution in [1.29, 1.82) is 0 Å². The molecular weight excluding hydrogens is 362 g/mol. The van der Waals surface area contributed by atoms with E-state index in [1.807, 2.05) is 17.8 Å². The lowest BCUT2D eigenvalue weighted by molar-refractivity contribution is -0.155. The van der Waals surface area contributed by atoms with Gasteiger partial charge in [-0.15, -0.1) is 0 Å². The number of imidazole rings is 1. The summed E-state index contributed by atoms with van der Waals surface area (Å²) in [5.41, 5.74) is 1.86. The molecule has 1 saturated carbocycles. The number of aliphatic hydroxyl groups is 1. The van der Waals surface area contributed by atoms with Crippen LogP contribution in [0.1, 0.15) is 57.0 Å². The smallest absolute Gasteiger partial charge is 0.141 e. The fourth-order valence-electron chi connectivity index (χ4n) is 5.40. The molecule has 1 aromatic heterocycles. The fourth-order valence-corrected chi connectivity index (χ4v) is 5.40. The number of ether oxygens (including phenoxy) is 1. The summed E-state index contributed by atoms with van der Waals surface area (Å²) in [6.45, 7) is 9.38. The number of piperidine rings is 1. The molecule has 0 radical (unpaired) electrons. The monoisotopic (exact) mass is 397 g/mol. The molecule has 2 aliphatic rings. The number of aryl methyl sites for hydroxylation is 1. The summed E-state index contributed by atoms with van der Waals surface area (Å²) >= 11 is 0. The predicted octanol–water partition coefficient (Wildman–Crippen LogP) is 3.85. The number of rotatable bonds is 4. The highest BCUT2D eigenvalue weighted by Gasteiger charge is 2.53. The molecule has 2 fully saturated rings. The molecule has 0 amide bonds. The van der Waals surface area contributed by atoms with Gasteiger partial charge in [0, 0.05) is 56.5 Å². The zero-order valence-corrected chi connectivity index (χ0v) is 18.5. The molecule has 2 heterocycles. The lowest BCUT2D eigenvalue weighted by atomic mass is 9.65. The van der Waals surface area contributed by atoms with Gasteiger partial charge in [-0.1, -0.05) is 39.3 Å². The number of likely N-dealkylation sites (tertiary alicyclic amines) is 1. The molecule has 0 spiro atoms. The van der Waals surface area contributed by atoms with E-state index in [0.29, 0.717) is 0 Å². The lowest BCUT2D eigenvalue weighted by Crippen LogP contribution is -2.58. The van der Waals surface area contributed by atoms with Gasteiger partial charge in [-0.3, -0.25) is 4.90 Å². The van der Waals surface area contributed by atoms with Crippen molar-refractivity contribution in [2.75, 3.05) is 20.2 Å². The highest BCUT2D eigenvalue weighted by Crippen LogP contribution is 2.49. The van der Waals surface area contributed by atoms with Gasteiger partial charge in [0.05, 0.1) is 7.11 Å². The fraction of sp³-hybridized carbons (Fsp3) is 0.625. The third-order valence-electron chi connectivity index (χ3n) is 7.03. The molecule has 4 rings (SSSR count). The van der Waals surface area contributed by atoms with E-state index < -0.39 is 5.60 Å². The van der Waals surface area contributed by atoms with E-state index in [9.17, 15) is 5.11 Å². The quantitative estimate of drug-likeness (QED) is 0.851. The molecule has 1 aliphatic carbocycles. The Morgan fingerprint density at radius 3 is 2.45 bits per heavy atom. The summed E-state index contributed by atoms with van der Waals surface area (Å²) in [6.07, 6.45) is 7.04. The van der Waals surface area contributed by atoms with Crippen molar-refractivity contribution < 1.29 is 9.84 Å². The summed E-state index contributed by atoms with van der Waals surface area (Å²) < 4.78 is 7.67. The molecule has 1 saturated heterocycles. The van der Waals surface area contributed by atoms with Crippen LogP contribution in [0.15, 0.2) is 30.6 Å². The Labute approximate surface area is 174 Å². The van der Waals surface area contributed by atoms with E-state index in [0.717, 1.165) is 44.0 Å². The summed E-state index contributed by atoms with van der Waals surface area (Å²) in [4.78, 5) is 7.05. The van der Waals surface area contributed by atoms with Gasteiger partial charge in [-0.05, 0) is 29.9 Å². The molecule has 2 atom stereocenters. The standard InChI is InChI=1S/C24H35N3O2/c1-23(2,3)18-9-10-21(29-5)17(13-18)14-27-15-19-7-6-8-20(16-27)24(19,28)22-25-11-12-26(22)4/h9-13,19-20,28H,6-8,14-16H2,1-5H3/t19-,20-/m1/s1. The number of methoxy groups -OCH3 is 1. The molecule has 5 heteroatoms. The van der Waals surface area contributed by atoms with Gasteiger partial charge in [-0.25, -0.2) is 4.98 Å². The number of aromatic nitrogens is 2. The Kier molecular flexibility index (Phi) is 5.24. The highest BCUT2D eigenvalue weighted by atomic mass is 16.5. The van der Waals surface area contributed by atoms with Gasteiger partial charge in [-0.2, -0.15) is 0 Å². The van der Waals surface area contributed by atoms with Crippen molar-refractivity contribution in [2.45, 2.75) is 57.6 Å². The van der Waals surface area contributed by atoms with Gasteiger partial charge in [0.2, 0.25) is 0 Å². The lowest BCUT2D eigenvalue weighted by Gasteiger charge is -2.52. The first-order valence-corrected chi connectivity index (χ1v) is 10.8. The van der Waals surface area contributed by atoms with Crippen molar-refractivity contribution >= 4 is 0 Å². The Hall–Kier alpha value is -1.85. The molecule has 5 nitrogen and oxygen atoms in total. The van der Waals surface area contributed by atoms with E-state index in [4.69, 9.17) is 4.74 Å². The predicted molar refractivity (Wildman–Crippen MR) is 115 cm³/mol. The van der Waals surface area contributed by atoms with E-state index in [2.05, 4.69) is 48.9 Å². The zero-order valence-electron chi connectivity index (χ0n) is 18.5. The normalized spacial score (nSPS) is 27.8. The zero-order chi connectivity index (χ0) is 20.8. The van der Waals surface area contributed by atoms with Gasteiger partial charge in [0.1, 0.15) is 17.2 Å². The number of hydrogen-bond acceptors (Lipinski definition) is 4. The second kappa shape index (κ2) is 7.44. The minimum absolute atomic E-state index is 0.109. The Balaban J connectivity index is 1.60. The van der Waals surface area contributed by atoms with Gasteiger partial charge in [0.25, 0.3) is 0 Å². The van der Waals surface area contributed by atoms with Crippen LogP contribution in [0.2, 0.25) is 0 Å². The highest BCUT2D eigenvalue weighted by molar-refractivity contribution is 5.39. The Morgan fingerprint density at radius 1 is 1.21 bits per heavy atom. The van der Waals surface area contributed by atoms with Gasteiger partial charge >= 0.3 is 0 Å². The topological polar surface area (TPSA) is 50.5 Å². The van der Waals surface area contributed by atoms with Gasteiger partial charge in [0.15, 0.2) is 0 Å². The molecule has 1 aromatic carbocycles. The van der Waals surface area contributed by atoms with E-state index >= 15 is 0 Å². The van der Waals surface area contributed by atoms with Crippen LogP contribution < -0.4 is 4.74 Å². The molecule has 158 valence electrons. The first-order valence-electron chi connectivity index (χ1n) is 10.8. The summed E-state index contributed by atoms with van der Waals surface area (Å²) in [7, 11) is 3.74. The second-order valence-corrected chi connectivity index (χ2v) is 9.98. The van der Waals surface area contributed by atoms with E-state index in [1.54, 1.807) is 13.3 Å². The maximum Gasteiger partial charge on any atom is 0.141 e. The summed E-state index contributed by atoms with van der Waals surface area (Å²) in [5, 5.41) is 11.8. The Morgan fingerprint density at radius 2 is 1.90 bits per heavy atom. The van der Waals surface area contributed by atoms with Crippen LogP contribution in [-0.4, -0.2) is 39.8 Å². The van der Waals surface area contributed by atoms with Crippen LogP contribution in [0.25, 0.3) is 0 Å². The van der Waals surface area contributed by atoms with Crippen molar-refractivity contribution in [2.24, 2.45) is 18.9 Å². The van der Waals surface area contributed by atoms with Crippen LogP contribution in [0, 0.1) is 11.8 Å². The Bertz CT molecular complexity index is 853. The van der Waals surface area contributed by atoms with Crippen LogP contribution >= 0.6 is 0 Å². The maximum absolute atomic E-state index is 11.8. The molecule has 0 unspecified atom stereocenters. The van der Waals surface area contributed by atoms with E-state index in [-0.39, 0.29) is 17.3 Å². The minimum atomic E-state index is -0.815. The SMILES string of the molecule is COc1ccc(C(C)(C)C)cc1CN1C[C@H]2CCC[C@H](C1)C2(O)c1nccn1C. The first-order chi connectivity index (χ1) is 13.7. The first kappa shape index (κ1) is 20.4. The second-order valence-electron chi connectivity index (χ2n) is 9.98. The maximum atomic E-state index is 11.8. The summed E-state index contributed by atoms with van der Waals surface area (Å²) in [5.74, 6) is 2.22. The number of hydrogen-bond donors (Lipinski definition) is 1. The third-order valence-corrected chi connectivity index (χ3v) is 7.03. The molecule has 1 N–H and O–H groups in total. The average Bonchev–Trinajstić information content (AvgIpc) is 3.08. The third kappa shape index (κ3) is 3.59. The molecule has 29 heavy (non-hydrogen) atoms.